The zero-order chi connectivity index (χ0) is 18.0. The van der Waals surface area contributed by atoms with Gasteiger partial charge in [0.15, 0.2) is 17.3 Å². The molecule has 1 aromatic carbocycles. The van der Waals surface area contributed by atoms with Crippen LogP contribution in [0.25, 0.3) is 0 Å². The van der Waals surface area contributed by atoms with Crippen LogP contribution in [0.5, 0.6) is 11.5 Å². The van der Waals surface area contributed by atoms with Gasteiger partial charge in [0, 0.05) is 44.4 Å². The molecular weight excluding hydrogens is 363 g/mol. The van der Waals surface area contributed by atoms with Crippen LogP contribution in [-0.2, 0) is 11.8 Å². The third-order valence-electron chi connectivity index (χ3n) is 4.44. The first-order valence-corrected chi connectivity index (χ1v) is 7.95. The first kappa shape index (κ1) is 20.0. The summed E-state index contributed by atoms with van der Waals surface area (Å²) in [4.78, 5) is 12.7. The zero-order valence-corrected chi connectivity index (χ0v) is 15.6. The van der Waals surface area contributed by atoms with Gasteiger partial charge >= 0.3 is 0 Å². The van der Waals surface area contributed by atoms with Crippen LogP contribution in [0.1, 0.15) is 11.5 Å². The number of carbonyl (C=O) groups excluding carboxylic acids is 1. The molecule has 0 unspecified atom stereocenters. The number of rotatable bonds is 5. The zero-order valence-electron chi connectivity index (χ0n) is 14.8. The van der Waals surface area contributed by atoms with E-state index >= 15 is 0 Å². The van der Waals surface area contributed by atoms with E-state index in [9.17, 15) is 9.18 Å². The van der Waals surface area contributed by atoms with E-state index in [0.29, 0.717) is 18.8 Å². The van der Waals surface area contributed by atoms with E-state index in [1.165, 1.54) is 26.4 Å². The van der Waals surface area contributed by atoms with Crippen LogP contribution in [0.3, 0.4) is 0 Å². The molecule has 26 heavy (non-hydrogen) atoms. The molecular formula is C17H22ClFN4O3. The molecule has 1 saturated heterocycles. The van der Waals surface area contributed by atoms with Gasteiger partial charge in [-0.25, -0.2) is 4.39 Å². The molecule has 142 valence electrons. The molecule has 7 nitrogen and oxygen atoms in total. The van der Waals surface area contributed by atoms with Gasteiger partial charge in [-0.05, 0) is 5.56 Å². The second-order valence-corrected chi connectivity index (χ2v) is 5.99. The van der Waals surface area contributed by atoms with Crippen molar-refractivity contribution in [3.8, 4) is 11.5 Å². The summed E-state index contributed by atoms with van der Waals surface area (Å²) in [5.41, 5.74) is 1.06. The van der Waals surface area contributed by atoms with Crippen LogP contribution in [0, 0.1) is 11.7 Å². The molecule has 0 spiro atoms. The minimum atomic E-state index is -0.574. The first-order valence-electron chi connectivity index (χ1n) is 7.95. The van der Waals surface area contributed by atoms with E-state index in [0.717, 1.165) is 5.56 Å². The molecule has 0 saturated carbocycles. The fraction of sp³-hybridized carbons (Fsp3) is 0.412. The minimum Gasteiger partial charge on any atom is -0.493 e. The lowest BCUT2D eigenvalue weighted by molar-refractivity contribution is -0.119. The van der Waals surface area contributed by atoms with Gasteiger partial charge in [0.2, 0.25) is 5.91 Å². The normalized spacial score (nSPS) is 18.9. The number of aromatic nitrogens is 2. The molecule has 0 aliphatic carbocycles. The van der Waals surface area contributed by atoms with Crippen LogP contribution in [0.15, 0.2) is 24.5 Å². The maximum atomic E-state index is 14.2. The Balaban J connectivity index is 0.00000243. The number of nitrogens with zero attached hydrogens (tertiary/aromatic N) is 2. The Morgan fingerprint density at radius 1 is 1.31 bits per heavy atom. The third kappa shape index (κ3) is 3.91. The quantitative estimate of drug-likeness (QED) is 0.823. The van der Waals surface area contributed by atoms with Gasteiger partial charge in [-0.3, -0.25) is 9.48 Å². The van der Waals surface area contributed by atoms with Gasteiger partial charge in [-0.2, -0.15) is 5.10 Å². The maximum Gasteiger partial charge on any atom is 0.229 e. The second-order valence-electron chi connectivity index (χ2n) is 5.99. The molecule has 0 radical (unpaired) electrons. The Hall–Kier alpha value is -2.32. The summed E-state index contributed by atoms with van der Waals surface area (Å²) in [6.07, 6.45) is 3.66. The van der Waals surface area contributed by atoms with E-state index < -0.39 is 5.82 Å². The smallest absolute Gasteiger partial charge is 0.229 e. The summed E-state index contributed by atoms with van der Waals surface area (Å²) in [6.45, 7) is 1.21. The number of anilines is 1. The first-order chi connectivity index (χ1) is 12.0. The van der Waals surface area contributed by atoms with Gasteiger partial charge in [-0.1, -0.05) is 0 Å². The number of benzene rings is 1. The van der Waals surface area contributed by atoms with Crippen molar-refractivity contribution >= 4 is 24.0 Å². The highest BCUT2D eigenvalue weighted by Gasteiger charge is 2.35. The SMILES string of the molecule is COc1cc(F)c(NC(=O)[C@H]2CNC[C@@H]2c2cnn(C)c2)cc1OC.Cl. The van der Waals surface area contributed by atoms with Crippen molar-refractivity contribution in [2.24, 2.45) is 13.0 Å². The number of amides is 1. The molecule has 2 atom stereocenters. The van der Waals surface area contributed by atoms with Crippen LogP contribution in [-0.4, -0.2) is 43.0 Å². The highest BCUT2D eigenvalue weighted by atomic mass is 35.5. The van der Waals surface area contributed by atoms with Gasteiger partial charge < -0.3 is 20.1 Å². The van der Waals surface area contributed by atoms with Crippen molar-refractivity contribution in [2.75, 3.05) is 32.6 Å². The summed E-state index contributed by atoms with van der Waals surface area (Å²) in [5, 5.41) is 10.0. The van der Waals surface area contributed by atoms with E-state index in [4.69, 9.17) is 9.47 Å². The predicted molar refractivity (Wildman–Crippen MR) is 97.7 cm³/mol. The summed E-state index contributed by atoms with van der Waals surface area (Å²) >= 11 is 0. The number of carbonyl (C=O) groups is 1. The minimum absolute atomic E-state index is 0. The lowest BCUT2D eigenvalue weighted by Gasteiger charge is -2.18. The van der Waals surface area contributed by atoms with Crippen molar-refractivity contribution in [1.82, 2.24) is 15.1 Å². The van der Waals surface area contributed by atoms with Gasteiger partial charge in [0.1, 0.15) is 0 Å². The Bertz CT molecular complexity index is 783. The van der Waals surface area contributed by atoms with Crippen molar-refractivity contribution in [3.05, 3.63) is 35.9 Å². The van der Waals surface area contributed by atoms with Crippen LogP contribution < -0.4 is 20.1 Å². The third-order valence-corrected chi connectivity index (χ3v) is 4.44. The topological polar surface area (TPSA) is 77.4 Å². The summed E-state index contributed by atoms with van der Waals surface area (Å²) < 4.78 is 26.2. The number of aryl methyl sites for hydroxylation is 1. The fourth-order valence-electron chi connectivity index (χ4n) is 3.11. The summed E-state index contributed by atoms with van der Waals surface area (Å²) in [6, 6.07) is 2.62. The summed E-state index contributed by atoms with van der Waals surface area (Å²) in [7, 11) is 4.72. The molecule has 0 bridgehead atoms. The number of halogens is 2. The maximum absolute atomic E-state index is 14.2. The molecule has 2 heterocycles. The molecule has 1 amide bonds. The second kappa shape index (κ2) is 8.37. The molecule has 2 N–H and O–H groups in total. The highest BCUT2D eigenvalue weighted by Crippen LogP contribution is 2.34. The van der Waals surface area contributed by atoms with Crippen molar-refractivity contribution < 1.29 is 18.7 Å². The molecule has 9 heteroatoms. The Kier molecular flexibility index (Phi) is 6.44. The van der Waals surface area contributed by atoms with Crippen molar-refractivity contribution in [3.63, 3.8) is 0 Å². The molecule has 3 rings (SSSR count). The van der Waals surface area contributed by atoms with Crippen LogP contribution >= 0.6 is 12.4 Å². The van der Waals surface area contributed by atoms with Crippen molar-refractivity contribution in [2.45, 2.75) is 5.92 Å². The molecule has 1 aliphatic heterocycles. The fourth-order valence-corrected chi connectivity index (χ4v) is 3.11. The Labute approximate surface area is 157 Å². The van der Waals surface area contributed by atoms with Gasteiger partial charge in [0.25, 0.3) is 0 Å². The standard InChI is InChI=1S/C17H21FN4O3.ClH/c1-22-9-10(6-20-22)11-7-19-8-12(11)17(23)21-14-5-16(25-3)15(24-2)4-13(14)18;/h4-6,9,11-12,19H,7-8H2,1-3H3,(H,21,23);1H/t11-,12+;/m1./s1. The van der Waals surface area contributed by atoms with Crippen molar-refractivity contribution in [1.29, 1.82) is 0 Å². The number of ether oxygens (including phenoxy) is 2. The number of nitrogens with one attached hydrogen (secondary N) is 2. The Morgan fingerprint density at radius 3 is 2.62 bits per heavy atom. The van der Waals surface area contributed by atoms with Crippen LogP contribution in [0.2, 0.25) is 0 Å². The molecule has 1 aromatic heterocycles. The van der Waals surface area contributed by atoms with Gasteiger partial charge in [-0.15, -0.1) is 12.4 Å². The average Bonchev–Trinajstić information content (AvgIpc) is 3.24. The number of hydrogen-bond acceptors (Lipinski definition) is 5. The molecule has 2 aromatic rings. The van der Waals surface area contributed by atoms with E-state index in [1.807, 2.05) is 13.2 Å². The largest absolute Gasteiger partial charge is 0.493 e. The summed E-state index contributed by atoms with van der Waals surface area (Å²) in [5.74, 6) is -0.505. The number of hydrogen-bond donors (Lipinski definition) is 2. The van der Waals surface area contributed by atoms with E-state index in [1.54, 1.807) is 10.9 Å². The lowest BCUT2D eigenvalue weighted by atomic mass is 9.90. The lowest BCUT2D eigenvalue weighted by Crippen LogP contribution is -2.28. The van der Waals surface area contributed by atoms with Gasteiger partial charge in [0.05, 0.1) is 32.0 Å². The average molecular weight is 385 g/mol. The number of methoxy groups -OCH3 is 2. The molecule has 1 aliphatic rings. The molecule has 1 fully saturated rings. The Morgan fingerprint density at radius 2 is 2.00 bits per heavy atom. The van der Waals surface area contributed by atoms with E-state index in [2.05, 4.69) is 15.7 Å². The highest BCUT2D eigenvalue weighted by molar-refractivity contribution is 5.94. The van der Waals surface area contributed by atoms with E-state index in [-0.39, 0.29) is 41.6 Å². The predicted octanol–water partition coefficient (Wildman–Crippen LogP) is 1.94. The van der Waals surface area contributed by atoms with Crippen LogP contribution in [0.4, 0.5) is 10.1 Å². The monoisotopic (exact) mass is 384 g/mol.